The van der Waals surface area contributed by atoms with Gasteiger partial charge in [-0.2, -0.15) is 0 Å². The molecular formula is C10H11ClO3. The fraction of sp³-hybridized carbons (Fsp3) is 0.300. The van der Waals surface area contributed by atoms with E-state index in [-0.39, 0.29) is 5.75 Å². The fourth-order valence-corrected chi connectivity index (χ4v) is 1.67. The first kappa shape index (κ1) is 10.9. The van der Waals surface area contributed by atoms with Crippen LogP contribution in [0.1, 0.15) is 24.8 Å². The molecule has 2 N–H and O–H groups in total. The molecule has 1 unspecified atom stereocenters. The summed E-state index contributed by atoms with van der Waals surface area (Å²) >= 11 is 5.82. The highest BCUT2D eigenvalue weighted by molar-refractivity contribution is 6.31. The average molecular weight is 215 g/mol. The second-order valence-electron chi connectivity index (χ2n) is 2.97. The molecule has 3 nitrogen and oxygen atoms in total. The molecular weight excluding hydrogens is 204 g/mol. The number of carbonyl (C=O) groups is 1. The molecule has 0 aromatic heterocycles. The third-order valence-electron chi connectivity index (χ3n) is 2.08. The van der Waals surface area contributed by atoms with Crippen molar-refractivity contribution in [3.63, 3.8) is 0 Å². The summed E-state index contributed by atoms with van der Waals surface area (Å²) in [4.78, 5) is 10.9. The minimum Gasteiger partial charge on any atom is -0.508 e. The van der Waals surface area contributed by atoms with Crippen LogP contribution >= 0.6 is 11.6 Å². The van der Waals surface area contributed by atoms with E-state index in [1.807, 2.05) is 0 Å². The van der Waals surface area contributed by atoms with Gasteiger partial charge in [0.05, 0.1) is 5.92 Å². The van der Waals surface area contributed by atoms with Crippen LogP contribution in [0, 0.1) is 0 Å². The molecule has 0 aliphatic rings. The van der Waals surface area contributed by atoms with Crippen LogP contribution in [0.5, 0.6) is 5.75 Å². The van der Waals surface area contributed by atoms with E-state index in [9.17, 15) is 9.90 Å². The third-order valence-corrected chi connectivity index (χ3v) is 2.41. The van der Waals surface area contributed by atoms with E-state index in [2.05, 4.69) is 0 Å². The highest BCUT2D eigenvalue weighted by Crippen LogP contribution is 2.34. The van der Waals surface area contributed by atoms with Crippen molar-refractivity contribution in [1.82, 2.24) is 0 Å². The zero-order valence-electron chi connectivity index (χ0n) is 7.70. The highest BCUT2D eigenvalue weighted by atomic mass is 35.5. The van der Waals surface area contributed by atoms with Gasteiger partial charge in [0.25, 0.3) is 0 Å². The van der Waals surface area contributed by atoms with Gasteiger partial charge in [0, 0.05) is 10.6 Å². The molecule has 76 valence electrons. The second kappa shape index (κ2) is 4.33. The van der Waals surface area contributed by atoms with Gasteiger partial charge in [-0.3, -0.25) is 4.79 Å². The van der Waals surface area contributed by atoms with Gasteiger partial charge in [-0.15, -0.1) is 0 Å². The molecule has 0 aliphatic carbocycles. The number of carboxylic acid groups (broad SMARTS) is 1. The second-order valence-corrected chi connectivity index (χ2v) is 3.38. The Bertz CT molecular complexity index is 329. The van der Waals surface area contributed by atoms with Crippen LogP contribution in [-0.4, -0.2) is 16.2 Å². The number of benzene rings is 1. The van der Waals surface area contributed by atoms with Crippen LogP contribution in [0.4, 0.5) is 0 Å². The van der Waals surface area contributed by atoms with Crippen molar-refractivity contribution in [3.05, 3.63) is 28.8 Å². The lowest BCUT2D eigenvalue weighted by atomic mass is 9.96. The van der Waals surface area contributed by atoms with Crippen molar-refractivity contribution >= 4 is 17.6 Å². The highest BCUT2D eigenvalue weighted by Gasteiger charge is 2.23. The van der Waals surface area contributed by atoms with E-state index in [1.54, 1.807) is 19.1 Å². The summed E-state index contributed by atoms with van der Waals surface area (Å²) in [6.07, 6.45) is 0.395. The maximum atomic E-state index is 10.9. The van der Waals surface area contributed by atoms with Crippen LogP contribution in [0.25, 0.3) is 0 Å². The number of phenols is 1. The molecule has 0 bridgehead atoms. The maximum Gasteiger partial charge on any atom is 0.311 e. The Morgan fingerprint density at radius 1 is 1.57 bits per heavy atom. The third kappa shape index (κ3) is 1.99. The Hall–Kier alpha value is -1.22. The summed E-state index contributed by atoms with van der Waals surface area (Å²) in [5.41, 5.74) is 0.296. The first-order valence-electron chi connectivity index (χ1n) is 4.28. The normalized spacial score (nSPS) is 12.4. The summed E-state index contributed by atoms with van der Waals surface area (Å²) in [5, 5.41) is 18.7. The van der Waals surface area contributed by atoms with Crippen molar-refractivity contribution in [1.29, 1.82) is 0 Å². The molecule has 1 rings (SSSR count). The standard InChI is InChI=1S/C10H11ClO3/c1-2-6(10(13)14)9-7(11)4-3-5-8(9)12/h3-6,12H,2H2,1H3,(H,13,14). The number of halogens is 1. The van der Waals surface area contributed by atoms with E-state index >= 15 is 0 Å². The number of hydrogen-bond donors (Lipinski definition) is 2. The number of carboxylic acids is 1. The zero-order valence-corrected chi connectivity index (χ0v) is 8.45. The van der Waals surface area contributed by atoms with Crippen molar-refractivity contribution in [2.75, 3.05) is 0 Å². The van der Waals surface area contributed by atoms with E-state index in [4.69, 9.17) is 16.7 Å². The van der Waals surface area contributed by atoms with Crippen LogP contribution in [0.15, 0.2) is 18.2 Å². The van der Waals surface area contributed by atoms with Crippen LogP contribution in [0.2, 0.25) is 5.02 Å². The molecule has 0 saturated carbocycles. The monoisotopic (exact) mass is 214 g/mol. The number of hydrogen-bond acceptors (Lipinski definition) is 2. The topological polar surface area (TPSA) is 57.5 Å². The predicted molar refractivity (Wildman–Crippen MR) is 53.8 cm³/mol. The first-order valence-corrected chi connectivity index (χ1v) is 4.66. The number of rotatable bonds is 3. The summed E-state index contributed by atoms with van der Waals surface area (Å²) in [7, 11) is 0. The van der Waals surface area contributed by atoms with Crippen molar-refractivity contribution < 1.29 is 15.0 Å². The van der Waals surface area contributed by atoms with Crippen LogP contribution in [0.3, 0.4) is 0 Å². The quantitative estimate of drug-likeness (QED) is 0.813. The van der Waals surface area contributed by atoms with Crippen molar-refractivity contribution in [3.8, 4) is 5.75 Å². The largest absolute Gasteiger partial charge is 0.508 e. The van der Waals surface area contributed by atoms with E-state index in [0.717, 1.165) is 0 Å². The molecule has 1 aromatic rings. The number of phenolic OH excluding ortho intramolecular Hbond substituents is 1. The zero-order chi connectivity index (χ0) is 10.7. The van der Waals surface area contributed by atoms with Gasteiger partial charge in [0.1, 0.15) is 5.75 Å². The van der Waals surface area contributed by atoms with Crippen LogP contribution < -0.4 is 0 Å². The van der Waals surface area contributed by atoms with Gasteiger partial charge in [-0.25, -0.2) is 0 Å². The number of aromatic hydroxyl groups is 1. The minimum absolute atomic E-state index is 0.0632. The molecule has 0 spiro atoms. The predicted octanol–water partition coefficient (Wildman–Crippen LogP) is 2.62. The lowest BCUT2D eigenvalue weighted by Gasteiger charge is -2.13. The molecule has 0 radical (unpaired) electrons. The molecule has 0 fully saturated rings. The Morgan fingerprint density at radius 3 is 2.64 bits per heavy atom. The fourth-order valence-electron chi connectivity index (χ4n) is 1.37. The first-order chi connectivity index (χ1) is 6.57. The minimum atomic E-state index is -0.976. The Morgan fingerprint density at radius 2 is 2.21 bits per heavy atom. The number of aliphatic carboxylic acids is 1. The molecule has 4 heteroatoms. The van der Waals surface area contributed by atoms with Gasteiger partial charge in [-0.1, -0.05) is 24.6 Å². The Labute approximate surface area is 86.9 Å². The molecule has 0 saturated heterocycles. The molecule has 0 amide bonds. The van der Waals surface area contributed by atoms with Crippen molar-refractivity contribution in [2.24, 2.45) is 0 Å². The molecule has 14 heavy (non-hydrogen) atoms. The van der Waals surface area contributed by atoms with Gasteiger partial charge < -0.3 is 10.2 Å². The summed E-state index contributed by atoms with van der Waals surface area (Å²) in [5.74, 6) is -1.79. The Kier molecular flexibility index (Phi) is 3.36. The molecule has 0 heterocycles. The van der Waals surface area contributed by atoms with Crippen LogP contribution in [-0.2, 0) is 4.79 Å². The summed E-state index contributed by atoms with van der Waals surface area (Å²) in [6, 6.07) is 4.59. The SMILES string of the molecule is CCC(C(=O)O)c1c(O)cccc1Cl. The van der Waals surface area contributed by atoms with Gasteiger partial charge in [-0.05, 0) is 18.6 Å². The molecule has 1 atom stereocenters. The van der Waals surface area contributed by atoms with Gasteiger partial charge in [0.15, 0.2) is 0 Å². The smallest absolute Gasteiger partial charge is 0.311 e. The lowest BCUT2D eigenvalue weighted by molar-refractivity contribution is -0.138. The maximum absolute atomic E-state index is 10.9. The van der Waals surface area contributed by atoms with Crippen molar-refractivity contribution in [2.45, 2.75) is 19.3 Å². The average Bonchev–Trinajstić information content (AvgIpc) is 2.10. The molecule has 1 aromatic carbocycles. The van der Waals surface area contributed by atoms with E-state index in [0.29, 0.717) is 17.0 Å². The van der Waals surface area contributed by atoms with E-state index < -0.39 is 11.9 Å². The Balaban J connectivity index is 3.22. The molecule has 0 aliphatic heterocycles. The van der Waals surface area contributed by atoms with Gasteiger partial charge >= 0.3 is 5.97 Å². The van der Waals surface area contributed by atoms with Gasteiger partial charge in [0.2, 0.25) is 0 Å². The lowest BCUT2D eigenvalue weighted by Crippen LogP contribution is -2.11. The van der Waals surface area contributed by atoms with E-state index in [1.165, 1.54) is 6.07 Å². The summed E-state index contributed by atoms with van der Waals surface area (Å²) in [6.45, 7) is 1.74. The summed E-state index contributed by atoms with van der Waals surface area (Å²) < 4.78 is 0.